The Hall–Kier alpha value is -2.58. The minimum Gasteiger partial charge on any atom is -0.325 e. The zero-order valence-corrected chi connectivity index (χ0v) is 16.9. The van der Waals surface area contributed by atoms with Crippen LogP contribution in [0, 0.1) is 13.8 Å². The maximum Gasteiger partial charge on any atom is 0.416 e. The summed E-state index contributed by atoms with van der Waals surface area (Å²) in [4.78, 5) is 25.8. The number of amides is 2. The summed E-state index contributed by atoms with van der Waals surface area (Å²) in [7, 11) is 1.55. The Kier molecular flexibility index (Phi) is 7.26. The molecular formula is C20H21ClF3N3O2. The van der Waals surface area contributed by atoms with Crippen LogP contribution in [0.2, 0.25) is 5.02 Å². The number of hydrogen-bond donors (Lipinski definition) is 2. The first kappa shape index (κ1) is 22.7. The lowest BCUT2D eigenvalue weighted by atomic mass is 10.1. The molecule has 0 aromatic heterocycles. The second-order valence-electron chi connectivity index (χ2n) is 6.71. The number of aryl methyl sites for hydroxylation is 1. The van der Waals surface area contributed by atoms with Crippen LogP contribution in [0.25, 0.3) is 0 Å². The molecule has 29 heavy (non-hydrogen) atoms. The van der Waals surface area contributed by atoms with E-state index < -0.39 is 17.6 Å². The lowest BCUT2D eigenvalue weighted by molar-refractivity contribution is -0.137. The maximum absolute atomic E-state index is 12.8. The van der Waals surface area contributed by atoms with Crippen molar-refractivity contribution in [3.63, 3.8) is 0 Å². The predicted molar refractivity (Wildman–Crippen MR) is 107 cm³/mol. The molecule has 156 valence electrons. The molecule has 0 aliphatic heterocycles. The van der Waals surface area contributed by atoms with E-state index in [1.807, 2.05) is 26.0 Å². The number of alkyl halides is 3. The summed E-state index contributed by atoms with van der Waals surface area (Å²) in [5.41, 5.74) is 1.61. The smallest absolute Gasteiger partial charge is 0.325 e. The van der Waals surface area contributed by atoms with Gasteiger partial charge in [0.1, 0.15) is 0 Å². The fraction of sp³-hybridized carbons (Fsp3) is 0.300. The van der Waals surface area contributed by atoms with Gasteiger partial charge < -0.3 is 10.6 Å². The highest BCUT2D eigenvalue weighted by Gasteiger charge is 2.31. The Morgan fingerprint density at radius 2 is 1.59 bits per heavy atom. The average molecular weight is 428 g/mol. The van der Waals surface area contributed by atoms with Crippen molar-refractivity contribution in [1.29, 1.82) is 0 Å². The Morgan fingerprint density at radius 3 is 2.17 bits per heavy atom. The minimum absolute atomic E-state index is 0.0123. The molecule has 0 unspecified atom stereocenters. The molecule has 2 amide bonds. The van der Waals surface area contributed by atoms with Crippen LogP contribution >= 0.6 is 11.6 Å². The highest BCUT2D eigenvalue weighted by Crippen LogP contribution is 2.33. The zero-order chi connectivity index (χ0) is 21.8. The molecule has 9 heteroatoms. The van der Waals surface area contributed by atoms with Gasteiger partial charge in [-0.15, -0.1) is 0 Å². The summed E-state index contributed by atoms with van der Waals surface area (Å²) < 4.78 is 38.4. The van der Waals surface area contributed by atoms with E-state index in [1.54, 1.807) is 13.1 Å². The van der Waals surface area contributed by atoms with Gasteiger partial charge >= 0.3 is 6.18 Å². The number of anilines is 2. The van der Waals surface area contributed by atoms with E-state index in [-0.39, 0.29) is 29.7 Å². The van der Waals surface area contributed by atoms with Crippen molar-refractivity contribution in [3.05, 3.63) is 58.1 Å². The Morgan fingerprint density at radius 1 is 1.00 bits per heavy atom. The molecule has 0 saturated carbocycles. The molecule has 0 atom stereocenters. The van der Waals surface area contributed by atoms with Crippen LogP contribution in [0.3, 0.4) is 0 Å². The van der Waals surface area contributed by atoms with E-state index >= 15 is 0 Å². The van der Waals surface area contributed by atoms with Crippen molar-refractivity contribution >= 4 is 34.8 Å². The highest BCUT2D eigenvalue weighted by atomic mass is 35.5. The number of rotatable bonds is 6. The van der Waals surface area contributed by atoms with E-state index in [0.29, 0.717) is 5.69 Å². The van der Waals surface area contributed by atoms with Gasteiger partial charge in [-0.3, -0.25) is 14.5 Å². The number of carbonyl (C=O) groups excluding carboxylic acids is 2. The molecule has 2 aromatic rings. The Bertz CT molecular complexity index is 916. The largest absolute Gasteiger partial charge is 0.416 e. The Labute approximate surface area is 171 Å². The van der Waals surface area contributed by atoms with Gasteiger partial charge in [0.25, 0.3) is 0 Å². The standard InChI is InChI=1S/C20H21ClF3N3O2/c1-12-5-4-6-16(13(12)2)25-18(28)10-27(3)11-19(29)26-17-9-14(20(22,23)24)7-8-15(17)21/h4-9H,10-11H2,1-3H3,(H,25,28)(H,26,29). The molecule has 0 aliphatic rings. The minimum atomic E-state index is -4.55. The normalized spacial score (nSPS) is 11.4. The predicted octanol–water partition coefficient (Wildman–Crippen LogP) is 4.48. The quantitative estimate of drug-likeness (QED) is 0.714. The third-order valence-electron chi connectivity index (χ3n) is 4.27. The summed E-state index contributed by atoms with van der Waals surface area (Å²) in [6.07, 6.45) is -4.55. The highest BCUT2D eigenvalue weighted by molar-refractivity contribution is 6.33. The number of halogens is 4. The topological polar surface area (TPSA) is 61.4 Å². The molecule has 2 aromatic carbocycles. The number of hydrogen-bond acceptors (Lipinski definition) is 3. The van der Waals surface area contributed by atoms with Crippen LogP contribution in [-0.4, -0.2) is 36.9 Å². The van der Waals surface area contributed by atoms with Crippen LogP contribution in [0.1, 0.15) is 16.7 Å². The molecule has 5 nitrogen and oxygen atoms in total. The SMILES string of the molecule is Cc1cccc(NC(=O)CN(C)CC(=O)Nc2cc(C(F)(F)F)ccc2Cl)c1C. The molecule has 0 radical (unpaired) electrons. The van der Waals surface area contributed by atoms with E-state index in [2.05, 4.69) is 10.6 Å². The molecule has 2 rings (SSSR count). The van der Waals surface area contributed by atoms with Gasteiger partial charge in [0.15, 0.2) is 0 Å². The maximum atomic E-state index is 12.8. The van der Waals surface area contributed by atoms with Crippen LogP contribution in [0.4, 0.5) is 24.5 Å². The van der Waals surface area contributed by atoms with Crippen LogP contribution < -0.4 is 10.6 Å². The molecule has 0 heterocycles. The molecule has 2 N–H and O–H groups in total. The first-order chi connectivity index (χ1) is 13.5. The molecule has 0 saturated heterocycles. The van der Waals surface area contributed by atoms with Crippen molar-refractivity contribution < 1.29 is 22.8 Å². The molecule has 0 fully saturated rings. The van der Waals surface area contributed by atoms with Gasteiger partial charge in [0.05, 0.1) is 29.4 Å². The van der Waals surface area contributed by atoms with Crippen LogP contribution in [-0.2, 0) is 15.8 Å². The van der Waals surface area contributed by atoms with E-state index in [0.717, 1.165) is 29.3 Å². The van der Waals surface area contributed by atoms with Crippen molar-refractivity contribution in [2.75, 3.05) is 30.8 Å². The van der Waals surface area contributed by atoms with Gasteiger partial charge in [-0.05, 0) is 56.3 Å². The van der Waals surface area contributed by atoms with E-state index in [9.17, 15) is 22.8 Å². The summed E-state index contributed by atoms with van der Waals surface area (Å²) in [6.45, 7) is 3.55. The van der Waals surface area contributed by atoms with Crippen molar-refractivity contribution in [2.45, 2.75) is 20.0 Å². The van der Waals surface area contributed by atoms with Gasteiger partial charge in [-0.1, -0.05) is 23.7 Å². The van der Waals surface area contributed by atoms with Crippen LogP contribution in [0.15, 0.2) is 36.4 Å². The number of nitrogens with one attached hydrogen (secondary N) is 2. The molecule has 0 spiro atoms. The zero-order valence-electron chi connectivity index (χ0n) is 16.2. The molecule has 0 aliphatic carbocycles. The fourth-order valence-electron chi connectivity index (χ4n) is 2.61. The lowest BCUT2D eigenvalue weighted by Crippen LogP contribution is -2.36. The van der Waals surface area contributed by atoms with Gasteiger partial charge in [0, 0.05) is 5.69 Å². The third kappa shape index (κ3) is 6.47. The fourth-order valence-corrected chi connectivity index (χ4v) is 2.77. The molecule has 0 bridgehead atoms. The van der Waals surface area contributed by atoms with Crippen molar-refractivity contribution in [1.82, 2.24) is 4.90 Å². The number of likely N-dealkylation sites (N-methyl/N-ethyl adjacent to an activating group) is 1. The Balaban J connectivity index is 1.94. The van der Waals surface area contributed by atoms with Crippen LogP contribution in [0.5, 0.6) is 0 Å². The summed E-state index contributed by atoms with van der Waals surface area (Å²) in [5.74, 6) is -0.903. The summed E-state index contributed by atoms with van der Waals surface area (Å²) >= 11 is 5.87. The van der Waals surface area contributed by atoms with Gasteiger partial charge in [0.2, 0.25) is 11.8 Å². The summed E-state index contributed by atoms with van der Waals surface area (Å²) in [5, 5.41) is 5.12. The first-order valence-corrected chi connectivity index (χ1v) is 9.06. The number of carbonyl (C=O) groups is 2. The van der Waals surface area contributed by atoms with E-state index in [4.69, 9.17) is 11.6 Å². The molecular weight excluding hydrogens is 407 g/mol. The monoisotopic (exact) mass is 427 g/mol. The van der Waals surface area contributed by atoms with Gasteiger partial charge in [-0.25, -0.2) is 0 Å². The van der Waals surface area contributed by atoms with Gasteiger partial charge in [-0.2, -0.15) is 13.2 Å². The average Bonchev–Trinajstić information content (AvgIpc) is 2.59. The second-order valence-corrected chi connectivity index (χ2v) is 7.12. The first-order valence-electron chi connectivity index (χ1n) is 8.68. The number of nitrogens with zero attached hydrogens (tertiary/aromatic N) is 1. The van der Waals surface area contributed by atoms with Crippen molar-refractivity contribution in [2.24, 2.45) is 0 Å². The second kappa shape index (κ2) is 9.28. The van der Waals surface area contributed by atoms with Crippen molar-refractivity contribution in [3.8, 4) is 0 Å². The van der Waals surface area contributed by atoms with E-state index in [1.165, 1.54) is 4.90 Å². The lowest BCUT2D eigenvalue weighted by Gasteiger charge is -2.17. The number of benzene rings is 2. The summed E-state index contributed by atoms with van der Waals surface area (Å²) in [6, 6.07) is 8.22. The third-order valence-corrected chi connectivity index (χ3v) is 4.60.